The first-order valence-corrected chi connectivity index (χ1v) is 14.8. The number of aromatic nitrogens is 2. The molecule has 1 aromatic heterocycles. The molecular formula is C35H15F12N5. The van der Waals surface area contributed by atoms with Crippen molar-refractivity contribution in [1.82, 2.24) is 9.97 Å². The zero-order chi connectivity index (χ0) is 37.7. The highest BCUT2D eigenvalue weighted by Gasteiger charge is 2.39. The van der Waals surface area contributed by atoms with Gasteiger partial charge in [-0.25, -0.2) is 9.97 Å². The van der Waals surface area contributed by atoms with Crippen LogP contribution in [0.3, 0.4) is 0 Å². The molecule has 5 aromatic carbocycles. The van der Waals surface area contributed by atoms with Gasteiger partial charge in [-0.3, -0.25) is 5.41 Å². The number of rotatable bonds is 2. The molecule has 1 heterocycles. The highest BCUT2D eigenvalue weighted by Crippen LogP contribution is 2.42. The van der Waals surface area contributed by atoms with Crippen LogP contribution in [0.1, 0.15) is 44.9 Å². The molecule has 1 aliphatic carbocycles. The van der Waals surface area contributed by atoms with Crippen LogP contribution in [0.15, 0.2) is 65.7 Å². The summed E-state index contributed by atoms with van der Waals surface area (Å²) in [6, 6.07) is 6.16. The van der Waals surface area contributed by atoms with Crippen LogP contribution in [0.25, 0.3) is 50.0 Å². The Labute approximate surface area is 282 Å². The van der Waals surface area contributed by atoms with E-state index < -0.39 is 58.4 Å². The van der Waals surface area contributed by atoms with Crippen molar-refractivity contribution in [2.24, 2.45) is 4.99 Å². The van der Waals surface area contributed by atoms with Crippen LogP contribution in [0.4, 0.5) is 52.7 Å². The van der Waals surface area contributed by atoms with E-state index in [1.807, 2.05) is 0 Å². The van der Waals surface area contributed by atoms with Gasteiger partial charge in [0.15, 0.2) is 0 Å². The van der Waals surface area contributed by atoms with Crippen molar-refractivity contribution in [1.29, 1.82) is 10.7 Å². The Morgan fingerprint density at radius 3 is 1.71 bits per heavy atom. The smallest absolute Gasteiger partial charge is 0.298 e. The molecule has 0 amide bonds. The molecule has 0 saturated carbocycles. The van der Waals surface area contributed by atoms with Gasteiger partial charge in [-0.2, -0.15) is 62.9 Å². The van der Waals surface area contributed by atoms with E-state index in [2.05, 4.69) is 15.0 Å². The zero-order valence-electron chi connectivity index (χ0n) is 25.5. The molecule has 0 bridgehead atoms. The van der Waals surface area contributed by atoms with Gasteiger partial charge in [0.2, 0.25) is 6.19 Å². The molecule has 0 fully saturated rings. The number of halogens is 12. The van der Waals surface area contributed by atoms with Crippen molar-refractivity contribution in [3.8, 4) is 17.3 Å². The molecule has 0 saturated heterocycles. The molecule has 6 aromatic rings. The molecule has 0 spiro atoms. The SMILES string of the molecule is N#CN=c1c2cc(-c3cc(C(F)(F)F)cc(C(F)(F)F)c3)ccc2c2nc3c(=N)c4c(c3nc12)C=CC(c1cc(C(F)(F)F)cc(C(F)(F)F)c1)C4. The molecule has 264 valence electrons. The molecule has 1 unspecified atom stereocenters. The summed E-state index contributed by atoms with van der Waals surface area (Å²) in [5, 5.41) is 18.3. The summed E-state index contributed by atoms with van der Waals surface area (Å²) in [6.45, 7) is 0. The third-order valence-corrected chi connectivity index (χ3v) is 8.81. The second kappa shape index (κ2) is 11.4. The molecule has 7 rings (SSSR count). The first-order chi connectivity index (χ1) is 24.1. The Morgan fingerprint density at radius 1 is 0.635 bits per heavy atom. The minimum absolute atomic E-state index is 0.00255. The van der Waals surface area contributed by atoms with Crippen LogP contribution in [-0.4, -0.2) is 9.97 Å². The molecule has 1 atom stereocenters. The summed E-state index contributed by atoms with van der Waals surface area (Å²) in [5.41, 5.74) is -6.15. The summed E-state index contributed by atoms with van der Waals surface area (Å²) >= 11 is 0. The zero-order valence-corrected chi connectivity index (χ0v) is 25.5. The predicted molar refractivity (Wildman–Crippen MR) is 161 cm³/mol. The van der Waals surface area contributed by atoms with Crippen molar-refractivity contribution >= 4 is 38.9 Å². The Hall–Kier alpha value is -5.79. The van der Waals surface area contributed by atoms with Gasteiger partial charge in [-0.05, 0) is 71.1 Å². The number of alkyl halides is 12. The normalized spacial score (nSPS) is 15.9. The van der Waals surface area contributed by atoms with Crippen LogP contribution < -0.4 is 10.7 Å². The van der Waals surface area contributed by atoms with E-state index in [9.17, 15) is 57.9 Å². The molecule has 0 radical (unpaired) electrons. The van der Waals surface area contributed by atoms with Crippen LogP contribution in [0, 0.1) is 16.9 Å². The van der Waals surface area contributed by atoms with Gasteiger partial charge in [-0.15, -0.1) is 0 Å². The summed E-state index contributed by atoms with van der Waals surface area (Å²) in [5.74, 6) is -0.993. The minimum Gasteiger partial charge on any atom is -0.298 e. The number of fused-ring (bicyclic) bond motifs is 6. The van der Waals surface area contributed by atoms with Crippen molar-refractivity contribution < 1.29 is 52.7 Å². The number of nitriles is 1. The standard InChI is InChI=1S/C35H15F12N5/c36-32(37,38)18-5-16(6-19(11-18)33(39,40)41)14-1-3-22-24(9-14)26(49)30-28(22)52-31-27(50-13-48)25-10-15(2-4-23(25)29(31)51-30)17-7-20(34(42,43)44)12-21(8-17)35(45,46)47/h1-8,10-12,14,49H,9H2. The lowest BCUT2D eigenvalue weighted by Gasteiger charge is -2.21. The van der Waals surface area contributed by atoms with Crippen molar-refractivity contribution in [3.63, 3.8) is 0 Å². The van der Waals surface area contributed by atoms with Crippen LogP contribution in [0.2, 0.25) is 0 Å². The fraction of sp³-hybridized carbons (Fsp3) is 0.171. The third kappa shape index (κ3) is 5.81. The fourth-order valence-electron chi connectivity index (χ4n) is 6.42. The van der Waals surface area contributed by atoms with Crippen LogP contribution in [0.5, 0.6) is 0 Å². The largest absolute Gasteiger partial charge is 0.416 e. The van der Waals surface area contributed by atoms with Gasteiger partial charge >= 0.3 is 24.7 Å². The first-order valence-electron chi connectivity index (χ1n) is 14.8. The molecule has 52 heavy (non-hydrogen) atoms. The van der Waals surface area contributed by atoms with E-state index in [0.717, 1.165) is 0 Å². The summed E-state index contributed by atoms with van der Waals surface area (Å²) in [6.07, 6.45) is -16.2. The lowest BCUT2D eigenvalue weighted by molar-refractivity contribution is -0.144. The van der Waals surface area contributed by atoms with Gasteiger partial charge in [-0.1, -0.05) is 24.3 Å². The van der Waals surface area contributed by atoms with Gasteiger partial charge in [0, 0.05) is 22.3 Å². The van der Waals surface area contributed by atoms with E-state index in [0.29, 0.717) is 29.8 Å². The molecule has 0 aliphatic heterocycles. The number of nitrogens with zero attached hydrogens (tertiary/aromatic N) is 4. The van der Waals surface area contributed by atoms with Gasteiger partial charge in [0.1, 0.15) is 16.4 Å². The Bertz CT molecular complexity index is 2580. The second-order valence-electron chi connectivity index (χ2n) is 12.0. The van der Waals surface area contributed by atoms with Gasteiger partial charge in [0.05, 0.1) is 38.6 Å². The summed E-state index contributed by atoms with van der Waals surface area (Å²) in [7, 11) is 0. The van der Waals surface area contributed by atoms with Crippen LogP contribution >= 0.6 is 0 Å². The Balaban J connectivity index is 1.38. The first kappa shape index (κ1) is 34.6. The molecule has 5 nitrogen and oxygen atoms in total. The predicted octanol–water partition coefficient (Wildman–Crippen LogP) is 9.77. The maximum atomic E-state index is 13.6. The fourth-order valence-corrected chi connectivity index (χ4v) is 6.42. The van der Waals surface area contributed by atoms with Gasteiger partial charge in [0.25, 0.3) is 0 Å². The van der Waals surface area contributed by atoms with Crippen molar-refractivity contribution in [3.05, 3.63) is 110 Å². The Morgan fingerprint density at radius 2 is 1.17 bits per heavy atom. The number of nitrogens with one attached hydrogen (secondary N) is 1. The lowest BCUT2D eigenvalue weighted by Crippen LogP contribution is -2.16. The summed E-state index contributed by atoms with van der Waals surface area (Å²) in [4.78, 5) is 12.9. The van der Waals surface area contributed by atoms with E-state index >= 15 is 0 Å². The van der Waals surface area contributed by atoms with Crippen molar-refractivity contribution in [2.45, 2.75) is 37.0 Å². The molecular weight excluding hydrogens is 718 g/mol. The molecule has 1 N–H and O–H groups in total. The topological polar surface area (TPSA) is 85.8 Å². The minimum atomic E-state index is -5.10. The van der Waals surface area contributed by atoms with E-state index in [1.54, 1.807) is 6.19 Å². The molecule has 17 heteroatoms. The van der Waals surface area contributed by atoms with E-state index in [4.69, 9.17) is 5.41 Å². The number of hydrogen-bond acceptors (Lipinski definition) is 5. The van der Waals surface area contributed by atoms with Crippen LogP contribution in [-0.2, 0) is 31.1 Å². The third-order valence-electron chi connectivity index (χ3n) is 8.81. The highest BCUT2D eigenvalue weighted by molar-refractivity contribution is 6.11. The quantitative estimate of drug-likeness (QED) is 0.142. The summed E-state index contributed by atoms with van der Waals surface area (Å²) < 4.78 is 163. The second-order valence-corrected chi connectivity index (χ2v) is 12.0. The monoisotopic (exact) mass is 733 g/mol. The van der Waals surface area contributed by atoms with E-state index in [-0.39, 0.29) is 78.8 Å². The number of hydrogen-bond donors (Lipinski definition) is 1. The average Bonchev–Trinajstić information content (AvgIpc) is 3.51. The average molecular weight is 734 g/mol. The van der Waals surface area contributed by atoms with Crippen molar-refractivity contribution in [2.75, 3.05) is 0 Å². The maximum absolute atomic E-state index is 13.6. The maximum Gasteiger partial charge on any atom is 0.416 e. The number of benzene rings is 3. The lowest BCUT2D eigenvalue weighted by atomic mass is 9.85. The Kier molecular flexibility index (Phi) is 7.57. The molecule has 1 aliphatic rings. The highest BCUT2D eigenvalue weighted by atomic mass is 19.4. The number of allylic oxidation sites excluding steroid dienone is 1. The van der Waals surface area contributed by atoms with E-state index in [1.165, 1.54) is 30.4 Å². The van der Waals surface area contributed by atoms with Gasteiger partial charge < -0.3 is 0 Å².